The third-order valence-corrected chi connectivity index (χ3v) is 3.66. The van der Waals surface area contributed by atoms with Gasteiger partial charge in [0.1, 0.15) is 11.6 Å². The number of hydrogen-bond donors (Lipinski definition) is 5. The zero-order chi connectivity index (χ0) is 17.8. The van der Waals surface area contributed by atoms with Crippen LogP contribution in [0.15, 0.2) is 54.7 Å². The summed E-state index contributed by atoms with van der Waals surface area (Å²) in [4.78, 5) is 7.98. The van der Waals surface area contributed by atoms with E-state index in [1.54, 1.807) is 43.6 Å². The van der Waals surface area contributed by atoms with Crippen molar-refractivity contribution in [1.29, 1.82) is 5.41 Å². The van der Waals surface area contributed by atoms with Gasteiger partial charge in [0.2, 0.25) is 5.95 Å². The molecule has 3 aromatic rings. The number of anilines is 4. The summed E-state index contributed by atoms with van der Waals surface area (Å²) in [5, 5.41) is 24.2. The Morgan fingerprint density at radius 2 is 1.88 bits per heavy atom. The molecule has 1 aromatic heterocycles. The molecule has 0 fully saturated rings. The third-order valence-electron chi connectivity index (χ3n) is 3.66. The highest BCUT2D eigenvalue weighted by molar-refractivity contribution is 6.14. The molecule has 3 rings (SSSR count). The Hall–Kier alpha value is -3.61. The second-order valence-electron chi connectivity index (χ2n) is 5.36. The summed E-state index contributed by atoms with van der Waals surface area (Å²) in [6, 6.07) is 13.9. The Bertz CT molecular complexity index is 908. The summed E-state index contributed by atoms with van der Waals surface area (Å²) in [6.07, 6.45) is 1.58. The summed E-state index contributed by atoms with van der Waals surface area (Å²) in [5.41, 5.74) is 8.97. The van der Waals surface area contributed by atoms with E-state index in [1.807, 2.05) is 18.2 Å². The molecule has 0 aliphatic rings. The van der Waals surface area contributed by atoms with E-state index in [1.165, 1.54) is 0 Å². The van der Waals surface area contributed by atoms with Crippen molar-refractivity contribution in [1.82, 2.24) is 9.97 Å². The summed E-state index contributed by atoms with van der Waals surface area (Å²) in [5.74, 6) is 0.933. The fourth-order valence-electron chi connectivity index (χ4n) is 2.42. The molecule has 25 heavy (non-hydrogen) atoms. The Labute approximate surface area is 145 Å². The lowest BCUT2D eigenvalue weighted by atomic mass is 10.00. The van der Waals surface area contributed by atoms with Crippen LogP contribution in [-0.4, -0.2) is 27.8 Å². The van der Waals surface area contributed by atoms with Crippen molar-refractivity contribution in [2.75, 3.05) is 23.4 Å². The average molecular weight is 334 g/mol. The first kappa shape index (κ1) is 16.3. The quantitative estimate of drug-likeness (QED) is 0.458. The number of phenols is 1. The summed E-state index contributed by atoms with van der Waals surface area (Å²) in [6.45, 7) is 0. The van der Waals surface area contributed by atoms with Crippen LogP contribution in [0.1, 0.15) is 11.1 Å². The minimum absolute atomic E-state index is 0.169. The Balaban J connectivity index is 1.94. The fourth-order valence-corrected chi connectivity index (χ4v) is 2.42. The van der Waals surface area contributed by atoms with Crippen molar-refractivity contribution in [2.45, 2.75) is 0 Å². The van der Waals surface area contributed by atoms with E-state index in [-0.39, 0.29) is 11.7 Å². The highest BCUT2D eigenvalue weighted by Gasteiger charge is 2.11. The second-order valence-corrected chi connectivity index (χ2v) is 5.36. The molecule has 0 atom stereocenters. The number of nitrogens with two attached hydrogens (primary N) is 1. The molecule has 126 valence electrons. The van der Waals surface area contributed by atoms with Gasteiger partial charge >= 0.3 is 0 Å². The monoisotopic (exact) mass is 334 g/mol. The topological polar surface area (TPSA) is 120 Å². The van der Waals surface area contributed by atoms with Crippen LogP contribution in [0.25, 0.3) is 0 Å². The summed E-state index contributed by atoms with van der Waals surface area (Å²) in [7, 11) is 1.81. The molecule has 7 nitrogen and oxygen atoms in total. The SMILES string of the molecule is CNc1ccc(Nc2ccnc(N)n2)cc1C(=N)c1ccc(O)cc1. The van der Waals surface area contributed by atoms with Gasteiger partial charge in [0.15, 0.2) is 0 Å². The lowest BCUT2D eigenvalue weighted by molar-refractivity contribution is 0.475. The number of phenolic OH excluding ortho intramolecular Hbond substituents is 1. The normalized spacial score (nSPS) is 10.3. The zero-order valence-electron chi connectivity index (χ0n) is 13.6. The van der Waals surface area contributed by atoms with Crippen LogP contribution in [0.2, 0.25) is 0 Å². The van der Waals surface area contributed by atoms with Gasteiger partial charge in [-0.05, 0) is 48.5 Å². The van der Waals surface area contributed by atoms with E-state index in [0.29, 0.717) is 17.1 Å². The number of aromatic nitrogens is 2. The van der Waals surface area contributed by atoms with Gasteiger partial charge < -0.3 is 21.5 Å². The largest absolute Gasteiger partial charge is 0.508 e. The first-order valence-electron chi connectivity index (χ1n) is 7.62. The van der Waals surface area contributed by atoms with Crippen molar-refractivity contribution in [3.63, 3.8) is 0 Å². The first-order valence-corrected chi connectivity index (χ1v) is 7.62. The van der Waals surface area contributed by atoms with Crippen molar-refractivity contribution in [3.05, 3.63) is 65.9 Å². The minimum atomic E-state index is 0.169. The molecule has 0 unspecified atom stereocenters. The Morgan fingerprint density at radius 3 is 2.56 bits per heavy atom. The molecule has 0 saturated carbocycles. The number of hydrogen-bond acceptors (Lipinski definition) is 7. The maximum absolute atomic E-state index is 9.43. The number of aromatic hydroxyl groups is 1. The molecule has 0 aliphatic heterocycles. The van der Waals surface area contributed by atoms with Crippen molar-refractivity contribution < 1.29 is 5.11 Å². The summed E-state index contributed by atoms with van der Waals surface area (Å²) >= 11 is 0. The molecule has 7 heteroatoms. The second kappa shape index (κ2) is 6.88. The molecule has 2 aromatic carbocycles. The molecule has 0 amide bonds. The molecule has 0 aliphatic carbocycles. The van der Waals surface area contributed by atoms with E-state index >= 15 is 0 Å². The maximum Gasteiger partial charge on any atom is 0.221 e. The van der Waals surface area contributed by atoms with E-state index in [4.69, 9.17) is 11.1 Å². The maximum atomic E-state index is 9.43. The lowest BCUT2D eigenvalue weighted by Crippen LogP contribution is -2.07. The predicted molar refractivity (Wildman–Crippen MR) is 99.8 cm³/mol. The van der Waals surface area contributed by atoms with Crippen molar-refractivity contribution in [2.24, 2.45) is 0 Å². The fraction of sp³-hybridized carbons (Fsp3) is 0.0556. The van der Waals surface area contributed by atoms with Crippen LogP contribution < -0.4 is 16.4 Å². The molecule has 0 saturated heterocycles. The molecular formula is C18H18N6O. The van der Waals surface area contributed by atoms with Gasteiger partial charge in [0.05, 0.1) is 5.71 Å². The van der Waals surface area contributed by atoms with Gasteiger partial charge in [0.25, 0.3) is 0 Å². The molecule has 0 radical (unpaired) electrons. The van der Waals surface area contributed by atoms with Gasteiger partial charge in [-0.3, -0.25) is 5.41 Å². The molecule has 6 N–H and O–H groups in total. The number of benzene rings is 2. The van der Waals surface area contributed by atoms with Gasteiger partial charge in [0, 0.05) is 35.7 Å². The van der Waals surface area contributed by atoms with Gasteiger partial charge in [-0.15, -0.1) is 0 Å². The Morgan fingerprint density at radius 1 is 1.12 bits per heavy atom. The van der Waals surface area contributed by atoms with E-state index in [9.17, 15) is 5.11 Å². The third kappa shape index (κ3) is 3.66. The smallest absolute Gasteiger partial charge is 0.221 e. The highest BCUT2D eigenvalue weighted by Crippen LogP contribution is 2.25. The number of nitrogen functional groups attached to an aromatic ring is 1. The minimum Gasteiger partial charge on any atom is -0.508 e. The molecular weight excluding hydrogens is 316 g/mol. The van der Waals surface area contributed by atoms with Gasteiger partial charge in [-0.25, -0.2) is 4.98 Å². The standard InChI is InChI=1S/C18H18N6O/c1-21-15-7-4-12(23-16-8-9-22-18(20)24-16)10-14(15)17(19)11-2-5-13(25)6-3-11/h2-10,19,21,25H,1H3,(H3,20,22,23,24). The van der Waals surface area contributed by atoms with E-state index in [0.717, 1.165) is 16.9 Å². The molecule has 1 heterocycles. The number of rotatable bonds is 5. The van der Waals surface area contributed by atoms with Crippen LogP contribution in [0.4, 0.5) is 23.1 Å². The summed E-state index contributed by atoms with van der Waals surface area (Å²) < 4.78 is 0. The highest BCUT2D eigenvalue weighted by atomic mass is 16.3. The van der Waals surface area contributed by atoms with Crippen LogP contribution >= 0.6 is 0 Å². The molecule has 0 spiro atoms. The van der Waals surface area contributed by atoms with Crippen LogP contribution in [0.3, 0.4) is 0 Å². The van der Waals surface area contributed by atoms with Crippen LogP contribution in [-0.2, 0) is 0 Å². The number of nitrogens with zero attached hydrogens (tertiary/aromatic N) is 2. The van der Waals surface area contributed by atoms with Gasteiger partial charge in [-0.2, -0.15) is 4.98 Å². The van der Waals surface area contributed by atoms with E-state index in [2.05, 4.69) is 20.6 Å². The van der Waals surface area contributed by atoms with Crippen molar-refractivity contribution in [3.8, 4) is 5.75 Å². The van der Waals surface area contributed by atoms with Crippen molar-refractivity contribution >= 4 is 28.9 Å². The van der Waals surface area contributed by atoms with Crippen LogP contribution in [0, 0.1) is 5.41 Å². The Kier molecular flexibility index (Phi) is 4.47. The van der Waals surface area contributed by atoms with Crippen LogP contribution in [0.5, 0.6) is 5.75 Å². The zero-order valence-corrected chi connectivity index (χ0v) is 13.6. The lowest BCUT2D eigenvalue weighted by Gasteiger charge is -2.14. The molecule has 0 bridgehead atoms. The van der Waals surface area contributed by atoms with E-state index < -0.39 is 0 Å². The first-order chi connectivity index (χ1) is 12.1. The predicted octanol–water partition coefficient (Wildman–Crippen LogP) is 2.97. The number of nitrogens with one attached hydrogen (secondary N) is 3. The van der Waals surface area contributed by atoms with Gasteiger partial charge in [-0.1, -0.05) is 0 Å². The average Bonchev–Trinajstić information content (AvgIpc) is 2.62.